The molecule has 1 amide bonds. The summed E-state index contributed by atoms with van der Waals surface area (Å²) in [6, 6.07) is 7.24. The molecule has 0 aliphatic carbocycles. The summed E-state index contributed by atoms with van der Waals surface area (Å²) in [7, 11) is 0. The van der Waals surface area contributed by atoms with E-state index in [1.807, 2.05) is 12.1 Å². The molecule has 1 aliphatic rings. The molecule has 90 valence electrons. The number of allylic oxidation sites excluding steroid dienone is 2. The number of fused-ring (bicyclic) bond motifs is 1. The molecule has 1 aromatic carbocycles. The maximum atomic E-state index is 11.7. The van der Waals surface area contributed by atoms with Gasteiger partial charge >= 0.3 is 0 Å². The van der Waals surface area contributed by atoms with Crippen LogP contribution in [-0.4, -0.2) is 24.0 Å². The summed E-state index contributed by atoms with van der Waals surface area (Å²) < 4.78 is 0. The number of aliphatic imine (C=N–C) groups is 1. The first kappa shape index (κ1) is 11.9. The highest BCUT2D eigenvalue weighted by Crippen LogP contribution is 2.28. The second kappa shape index (κ2) is 5.18. The van der Waals surface area contributed by atoms with Gasteiger partial charge < -0.3 is 16.1 Å². The van der Waals surface area contributed by atoms with E-state index in [4.69, 9.17) is 10.8 Å². The van der Waals surface area contributed by atoms with Crippen molar-refractivity contribution in [3.8, 4) is 0 Å². The summed E-state index contributed by atoms with van der Waals surface area (Å²) >= 11 is 0. The first-order valence-corrected chi connectivity index (χ1v) is 5.42. The number of carbonyl (C=O) groups excluding carboxylic acids is 1. The average Bonchev–Trinajstić information content (AvgIpc) is 2.53. The zero-order valence-corrected chi connectivity index (χ0v) is 9.60. The van der Waals surface area contributed by atoms with Gasteiger partial charge in [0, 0.05) is 18.0 Å². The van der Waals surface area contributed by atoms with Crippen molar-refractivity contribution in [2.45, 2.75) is 6.42 Å². The van der Waals surface area contributed by atoms with Crippen molar-refractivity contribution in [3.63, 3.8) is 0 Å². The molecule has 0 unspecified atom stereocenters. The molecular formula is C13H12N4O. The van der Waals surface area contributed by atoms with Crippen LogP contribution in [0.5, 0.6) is 0 Å². The van der Waals surface area contributed by atoms with Crippen LogP contribution in [0.15, 0.2) is 40.9 Å². The van der Waals surface area contributed by atoms with Crippen LogP contribution in [0.25, 0.3) is 0 Å². The van der Waals surface area contributed by atoms with E-state index in [1.54, 1.807) is 12.1 Å². The summed E-state index contributed by atoms with van der Waals surface area (Å²) in [6.07, 6.45) is 3.74. The molecule has 3 N–H and O–H groups in total. The smallest absolute Gasteiger partial charge is 0.230 e. The molecule has 0 radical (unpaired) electrons. The van der Waals surface area contributed by atoms with Crippen LogP contribution >= 0.6 is 0 Å². The van der Waals surface area contributed by atoms with E-state index < -0.39 is 0 Å². The van der Waals surface area contributed by atoms with Crippen molar-refractivity contribution >= 4 is 35.4 Å². The van der Waals surface area contributed by atoms with E-state index in [0.29, 0.717) is 22.7 Å². The van der Waals surface area contributed by atoms with Gasteiger partial charge in [-0.15, -0.1) is 0 Å². The lowest BCUT2D eigenvalue weighted by molar-refractivity contribution is -0.115. The van der Waals surface area contributed by atoms with Gasteiger partial charge in [-0.3, -0.25) is 9.79 Å². The molecule has 0 fully saturated rings. The minimum Gasteiger partial charge on any atom is -0.324 e. The van der Waals surface area contributed by atoms with Gasteiger partial charge in [-0.25, -0.2) is 0 Å². The highest BCUT2D eigenvalue weighted by Gasteiger charge is 2.17. The minimum atomic E-state index is -0.170. The third kappa shape index (κ3) is 2.40. The fraction of sp³-hybridized carbons (Fsp3) is 0.0769. The van der Waals surface area contributed by atoms with E-state index in [0.717, 1.165) is 12.4 Å². The van der Waals surface area contributed by atoms with Crippen LogP contribution < -0.4 is 5.32 Å². The fourth-order valence-corrected chi connectivity index (χ4v) is 1.69. The van der Waals surface area contributed by atoms with Crippen molar-refractivity contribution in [2.75, 3.05) is 5.32 Å². The lowest BCUT2D eigenvalue weighted by Gasteiger charge is -2.02. The first-order chi connectivity index (χ1) is 8.74. The number of hydrogen-bond donors (Lipinski definition) is 3. The number of rotatable bonds is 3. The number of hydrogen-bond acceptors (Lipinski definition) is 4. The van der Waals surface area contributed by atoms with Gasteiger partial charge in [0.25, 0.3) is 0 Å². The Bertz CT molecular complexity index is 572. The molecular weight excluding hydrogens is 228 g/mol. The lowest BCUT2D eigenvalue weighted by Crippen LogP contribution is -2.16. The first-order valence-electron chi connectivity index (χ1n) is 5.42. The van der Waals surface area contributed by atoms with E-state index in [-0.39, 0.29) is 12.3 Å². The zero-order chi connectivity index (χ0) is 13.0. The monoisotopic (exact) mass is 240 g/mol. The Kier molecular flexibility index (Phi) is 3.43. The van der Waals surface area contributed by atoms with Crippen molar-refractivity contribution in [3.05, 3.63) is 35.9 Å². The maximum Gasteiger partial charge on any atom is 0.230 e. The molecule has 0 bridgehead atoms. The molecule has 5 nitrogen and oxygen atoms in total. The molecule has 1 aliphatic heterocycles. The molecule has 1 aromatic rings. The van der Waals surface area contributed by atoms with Crippen LogP contribution in [0, 0.1) is 10.8 Å². The number of anilines is 1. The van der Waals surface area contributed by atoms with Crippen LogP contribution in [-0.2, 0) is 4.79 Å². The maximum absolute atomic E-state index is 11.7. The number of para-hydroxylation sites is 2. The topological polar surface area (TPSA) is 89.2 Å². The molecule has 0 saturated heterocycles. The van der Waals surface area contributed by atoms with Crippen molar-refractivity contribution < 1.29 is 4.79 Å². The van der Waals surface area contributed by atoms with Crippen molar-refractivity contribution in [2.24, 2.45) is 4.99 Å². The minimum absolute atomic E-state index is 0.101. The molecule has 1 heterocycles. The van der Waals surface area contributed by atoms with Gasteiger partial charge in [0.2, 0.25) is 5.91 Å². The van der Waals surface area contributed by atoms with Gasteiger partial charge in [-0.1, -0.05) is 12.1 Å². The molecule has 2 rings (SSSR count). The summed E-state index contributed by atoms with van der Waals surface area (Å²) in [6.45, 7) is 0. The Morgan fingerprint density at radius 2 is 2.11 bits per heavy atom. The Morgan fingerprint density at radius 3 is 2.83 bits per heavy atom. The van der Waals surface area contributed by atoms with Crippen LogP contribution in [0.3, 0.4) is 0 Å². The predicted molar refractivity (Wildman–Crippen MR) is 72.4 cm³/mol. The average molecular weight is 240 g/mol. The number of nitrogens with one attached hydrogen (secondary N) is 3. The molecule has 5 heteroatoms. The second-order valence-corrected chi connectivity index (χ2v) is 3.73. The lowest BCUT2D eigenvalue weighted by atomic mass is 10.1. The third-order valence-electron chi connectivity index (χ3n) is 2.51. The standard InChI is InChI=1S/C13H12N4O/c14-6-5-9(8-15)12-7-13(18)17-11-4-2-1-3-10(11)16-12/h1-6,8,14-15H,7H2,(H,17,18)/b9-5+,14-6?,15-8?. The quantitative estimate of drug-likeness (QED) is 0.695. The number of benzene rings is 1. The van der Waals surface area contributed by atoms with Gasteiger partial charge in [0.15, 0.2) is 0 Å². The van der Waals surface area contributed by atoms with E-state index in [1.165, 1.54) is 6.08 Å². The Hall–Kier alpha value is -2.56. The largest absolute Gasteiger partial charge is 0.324 e. The Morgan fingerprint density at radius 1 is 1.33 bits per heavy atom. The van der Waals surface area contributed by atoms with Crippen molar-refractivity contribution in [1.29, 1.82) is 10.8 Å². The van der Waals surface area contributed by atoms with Crippen molar-refractivity contribution in [1.82, 2.24) is 0 Å². The molecule has 0 spiro atoms. The SMILES string of the molecule is N=C/C=C(\C=N)C1=Nc2ccccc2NC(=O)C1. The van der Waals surface area contributed by atoms with E-state index >= 15 is 0 Å². The highest BCUT2D eigenvalue weighted by molar-refractivity contribution is 6.25. The van der Waals surface area contributed by atoms with Crippen LogP contribution in [0.2, 0.25) is 0 Å². The number of carbonyl (C=O) groups is 1. The zero-order valence-electron chi connectivity index (χ0n) is 9.60. The Balaban J connectivity index is 2.51. The second-order valence-electron chi connectivity index (χ2n) is 3.73. The highest BCUT2D eigenvalue weighted by atomic mass is 16.1. The Labute approximate surface area is 104 Å². The van der Waals surface area contributed by atoms with Gasteiger partial charge in [-0.2, -0.15) is 0 Å². The summed E-state index contributed by atoms with van der Waals surface area (Å²) in [5.74, 6) is -0.170. The van der Waals surface area contributed by atoms with Gasteiger partial charge in [0.05, 0.1) is 23.5 Å². The van der Waals surface area contributed by atoms with Gasteiger partial charge in [-0.05, 0) is 18.2 Å². The fourth-order valence-electron chi connectivity index (χ4n) is 1.69. The summed E-state index contributed by atoms with van der Waals surface area (Å²) in [5, 5.41) is 17.1. The van der Waals surface area contributed by atoms with E-state index in [2.05, 4.69) is 10.3 Å². The molecule has 0 aromatic heterocycles. The third-order valence-corrected chi connectivity index (χ3v) is 2.51. The van der Waals surface area contributed by atoms with E-state index in [9.17, 15) is 4.79 Å². The number of nitrogens with zero attached hydrogens (tertiary/aromatic N) is 1. The molecule has 18 heavy (non-hydrogen) atoms. The number of amides is 1. The predicted octanol–water partition coefficient (Wildman–Crippen LogP) is 2.33. The van der Waals surface area contributed by atoms with Crippen LogP contribution in [0.4, 0.5) is 11.4 Å². The molecule has 0 saturated carbocycles. The van der Waals surface area contributed by atoms with Crippen LogP contribution in [0.1, 0.15) is 6.42 Å². The summed E-state index contributed by atoms with van der Waals surface area (Å²) in [5.41, 5.74) is 2.29. The summed E-state index contributed by atoms with van der Waals surface area (Å²) in [4.78, 5) is 16.1. The normalized spacial score (nSPS) is 15.0. The molecule has 0 atom stereocenters. The van der Waals surface area contributed by atoms with Gasteiger partial charge in [0.1, 0.15) is 0 Å².